The lowest BCUT2D eigenvalue weighted by Crippen LogP contribution is -2.56. The number of carbonyl (C=O) groups is 2. The minimum Gasteiger partial charge on any atom is -0.273 e. The largest absolute Gasteiger partial charge is 0.273 e. The molecule has 4 nitrogen and oxygen atoms in total. The van der Waals surface area contributed by atoms with Crippen LogP contribution >= 0.6 is 0 Å². The van der Waals surface area contributed by atoms with Crippen LogP contribution in [0.2, 0.25) is 0 Å². The Morgan fingerprint density at radius 3 is 1.29 bits per heavy atom. The molecule has 1 heterocycles. The first-order chi connectivity index (χ1) is 11.6. The van der Waals surface area contributed by atoms with Gasteiger partial charge in [0.05, 0.1) is 0 Å². The van der Waals surface area contributed by atoms with E-state index in [1.807, 2.05) is 0 Å². The van der Waals surface area contributed by atoms with E-state index in [1.54, 1.807) is 10.0 Å². The summed E-state index contributed by atoms with van der Waals surface area (Å²) in [6.07, 6.45) is 4.28. The van der Waals surface area contributed by atoms with E-state index in [4.69, 9.17) is 0 Å². The number of hydrazine groups is 1. The van der Waals surface area contributed by atoms with Crippen LogP contribution in [0, 0.1) is 11.8 Å². The fourth-order valence-electron chi connectivity index (χ4n) is 4.24. The third-order valence-electron chi connectivity index (χ3n) is 5.80. The molecule has 0 bridgehead atoms. The molecule has 2 aliphatic carbocycles. The van der Waals surface area contributed by atoms with Crippen molar-refractivity contribution in [2.75, 3.05) is 13.1 Å². The molecule has 3 fully saturated rings. The second-order valence-electron chi connectivity index (χ2n) is 7.53. The molecule has 3 rings (SSSR count). The fourth-order valence-corrected chi connectivity index (χ4v) is 4.24. The average molecular weight is 342 g/mol. The Kier molecular flexibility index (Phi) is 5.72. The summed E-state index contributed by atoms with van der Waals surface area (Å²) >= 11 is 0. The molecule has 1 saturated heterocycles. The molecule has 24 heavy (non-hydrogen) atoms. The van der Waals surface area contributed by atoms with E-state index in [0.717, 1.165) is 12.8 Å². The monoisotopic (exact) mass is 342 g/mol. The predicted octanol–water partition coefficient (Wildman–Crippen LogP) is 3.41. The van der Waals surface area contributed by atoms with E-state index in [0.29, 0.717) is 64.5 Å². The summed E-state index contributed by atoms with van der Waals surface area (Å²) in [5.41, 5.74) is 0. The molecule has 3 aliphatic rings. The molecule has 0 atom stereocenters. The van der Waals surface area contributed by atoms with Gasteiger partial charge in [-0.15, -0.1) is 0 Å². The molecule has 0 unspecified atom stereocenters. The first kappa shape index (κ1) is 17.6. The third-order valence-corrected chi connectivity index (χ3v) is 5.80. The molecule has 2 saturated carbocycles. The lowest BCUT2D eigenvalue weighted by Gasteiger charge is -2.42. The van der Waals surface area contributed by atoms with Crippen molar-refractivity contribution in [1.82, 2.24) is 10.0 Å². The van der Waals surface area contributed by atoms with Crippen molar-refractivity contribution in [3.63, 3.8) is 0 Å². The molecule has 1 aliphatic heterocycles. The SMILES string of the molecule is O=C(C1CCC(F)CC1)N1CCCCN1C(=O)C1CCC(F)CC1. The van der Waals surface area contributed by atoms with Crippen molar-refractivity contribution < 1.29 is 18.4 Å². The van der Waals surface area contributed by atoms with Crippen molar-refractivity contribution in [2.24, 2.45) is 11.8 Å². The Morgan fingerprint density at radius 1 is 0.625 bits per heavy atom. The second-order valence-corrected chi connectivity index (χ2v) is 7.53. The molecule has 136 valence electrons. The van der Waals surface area contributed by atoms with Crippen LogP contribution < -0.4 is 0 Å². The molecular formula is C18H28F2N2O2. The number of amides is 2. The molecule has 0 aromatic carbocycles. The number of halogens is 2. The first-order valence-electron chi connectivity index (χ1n) is 9.47. The maximum atomic E-state index is 13.3. The predicted molar refractivity (Wildman–Crippen MR) is 86.4 cm³/mol. The second kappa shape index (κ2) is 7.79. The van der Waals surface area contributed by atoms with E-state index in [2.05, 4.69) is 0 Å². The number of carbonyl (C=O) groups excluding carboxylic acids is 2. The zero-order valence-electron chi connectivity index (χ0n) is 14.3. The van der Waals surface area contributed by atoms with Gasteiger partial charge in [-0.3, -0.25) is 19.6 Å². The van der Waals surface area contributed by atoms with Crippen molar-refractivity contribution in [3.05, 3.63) is 0 Å². The van der Waals surface area contributed by atoms with Gasteiger partial charge in [0.25, 0.3) is 0 Å². The maximum absolute atomic E-state index is 13.3. The average Bonchev–Trinajstić information content (AvgIpc) is 2.62. The zero-order chi connectivity index (χ0) is 17.1. The highest BCUT2D eigenvalue weighted by molar-refractivity contribution is 5.85. The summed E-state index contributed by atoms with van der Waals surface area (Å²) < 4.78 is 26.6. The van der Waals surface area contributed by atoms with Crippen molar-refractivity contribution in [2.45, 2.75) is 76.6 Å². The van der Waals surface area contributed by atoms with Crippen LogP contribution in [0.1, 0.15) is 64.2 Å². The van der Waals surface area contributed by atoms with E-state index >= 15 is 0 Å². The first-order valence-corrected chi connectivity index (χ1v) is 9.47. The molecule has 2 amide bonds. The summed E-state index contributed by atoms with van der Waals surface area (Å²) in [5, 5.41) is 3.24. The van der Waals surface area contributed by atoms with Gasteiger partial charge in [-0.25, -0.2) is 8.78 Å². The number of alkyl halides is 2. The summed E-state index contributed by atoms with van der Waals surface area (Å²) in [5.74, 6) is -0.359. The molecule has 0 radical (unpaired) electrons. The Bertz CT molecular complexity index is 416. The van der Waals surface area contributed by atoms with Crippen LogP contribution in [-0.4, -0.2) is 47.3 Å². The quantitative estimate of drug-likeness (QED) is 0.772. The molecule has 0 aromatic heterocycles. The van der Waals surface area contributed by atoms with Gasteiger partial charge in [0, 0.05) is 24.9 Å². The zero-order valence-corrected chi connectivity index (χ0v) is 14.3. The number of nitrogens with zero attached hydrogens (tertiary/aromatic N) is 2. The Morgan fingerprint density at radius 2 is 0.958 bits per heavy atom. The smallest absolute Gasteiger partial charge is 0.244 e. The van der Waals surface area contributed by atoms with Crippen molar-refractivity contribution >= 4 is 11.8 Å². The third kappa shape index (κ3) is 3.89. The Balaban J connectivity index is 1.64. The van der Waals surface area contributed by atoms with E-state index in [1.165, 1.54) is 0 Å². The highest BCUT2D eigenvalue weighted by Crippen LogP contribution is 2.32. The topological polar surface area (TPSA) is 40.6 Å². The molecular weight excluding hydrogens is 314 g/mol. The van der Waals surface area contributed by atoms with Gasteiger partial charge in [0.2, 0.25) is 11.8 Å². The van der Waals surface area contributed by atoms with Gasteiger partial charge in [-0.05, 0) is 64.2 Å². The van der Waals surface area contributed by atoms with Crippen molar-refractivity contribution in [1.29, 1.82) is 0 Å². The minimum absolute atomic E-state index is 0.0193. The van der Waals surface area contributed by atoms with Crippen LogP contribution in [0.25, 0.3) is 0 Å². The molecule has 6 heteroatoms. The Hall–Kier alpha value is -1.20. The Labute approximate surface area is 142 Å². The fraction of sp³-hybridized carbons (Fsp3) is 0.889. The van der Waals surface area contributed by atoms with Gasteiger partial charge >= 0.3 is 0 Å². The van der Waals surface area contributed by atoms with Gasteiger partial charge in [0.15, 0.2) is 0 Å². The summed E-state index contributed by atoms with van der Waals surface area (Å²) in [7, 11) is 0. The lowest BCUT2D eigenvalue weighted by molar-refractivity contribution is -0.175. The van der Waals surface area contributed by atoms with Crippen LogP contribution in [0.15, 0.2) is 0 Å². The van der Waals surface area contributed by atoms with Crippen LogP contribution in [-0.2, 0) is 9.59 Å². The molecule has 0 aromatic rings. The van der Waals surface area contributed by atoms with Crippen LogP contribution in [0.3, 0.4) is 0 Å². The minimum atomic E-state index is -0.788. The summed E-state index contributed by atoms with van der Waals surface area (Å²) in [6.45, 7) is 1.14. The van der Waals surface area contributed by atoms with Gasteiger partial charge < -0.3 is 0 Å². The number of hydrogen-bond donors (Lipinski definition) is 0. The summed E-state index contributed by atoms with van der Waals surface area (Å²) in [4.78, 5) is 25.7. The standard InChI is InChI=1S/C18H28F2N2O2/c19-15-7-3-13(4-8-15)17(23)21-11-1-2-12-22(21)18(24)14-5-9-16(20)10-6-14/h13-16H,1-12H2. The van der Waals surface area contributed by atoms with Crippen LogP contribution in [0.4, 0.5) is 8.78 Å². The normalized spacial score (nSPS) is 34.9. The van der Waals surface area contributed by atoms with Gasteiger partial charge in [-0.1, -0.05) is 0 Å². The van der Waals surface area contributed by atoms with E-state index in [-0.39, 0.29) is 23.7 Å². The number of rotatable bonds is 2. The highest BCUT2D eigenvalue weighted by atomic mass is 19.1. The molecule has 0 N–H and O–H groups in total. The van der Waals surface area contributed by atoms with Crippen molar-refractivity contribution in [3.8, 4) is 0 Å². The van der Waals surface area contributed by atoms with E-state index < -0.39 is 12.3 Å². The highest BCUT2D eigenvalue weighted by Gasteiger charge is 2.38. The van der Waals surface area contributed by atoms with Gasteiger partial charge in [-0.2, -0.15) is 0 Å². The lowest BCUT2D eigenvalue weighted by atomic mass is 9.86. The van der Waals surface area contributed by atoms with E-state index in [9.17, 15) is 18.4 Å². The van der Waals surface area contributed by atoms with Crippen LogP contribution in [0.5, 0.6) is 0 Å². The maximum Gasteiger partial charge on any atom is 0.244 e. The molecule has 0 spiro atoms. The van der Waals surface area contributed by atoms with Gasteiger partial charge in [0.1, 0.15) is 12.3 Å². The number of hydrogen-bond acceptors (Lipinski definition) is 2. The summed E-state index contributed by atoms with van der Waals surface area (Å²) in [6, 6.07) is 0.